The molecule has 65 heavy (non-hydrogen) atoms. The van der Waals surface area contributed by atoms with Gasteiger partial charge < -0.3 is 35.9 Å². The molecule has 21 heteroatoms. The quantitative estimate of drug-likeness (QED) is 0.121. The minimum atomic E-state index is -1.21. The molecule has 0 bridgehead atoms. The second-order valence-electron chi connectivity index (χ2n) is 10.6. The summed E-state index contributed by atoms with van der Waals surface area (Å²) in [6.45, 7) is 41.5. The van der Waals surface area contributed by atoms with E-state index in [1.807, 2.05) is 36.4 Å². The van der Waals surface area contributed by atoms with Crippen LogP contribution in [0.4, 0.5) is 11.4 Å². The van der Waals surface area contributed by atoms with E-state index >= 15 is 0 Å². The van der Waals surface area contributed by atoms with Gasteiger partial charge in [-0.25, -0.2) is 0 Å². The molecule has 340 valence electrons. The summed E-state index contributed by atoms with van der Waals surface area (Å²) in [5.41, 5.74) is 2.76. The summed E-state index contributed by atoms with van der Waals surface area (Å²) in [6, 6.07) is 23.5. The normalized spacial score (nSPS) is 10.2. The number of aromatic carboxylic acids is 2. The van der Waals surface area contributed by atoms with Crippen molar-refractivity contribution in [2.24, 2.45) is 9.98 Å². The summed E-state index contributed by atoms with van der Waals surface area (Å²) in [5, 5.41) is 26.1. The smallest absolute Gasteiger partial charge is 0 e. The molecule has 2 saturated heterocycles. The van der Waals surface area contributed by atoms with Crippen molar-refractivity contribution in [2.45, 2.75) is 38.5 Å². The summed E-state index contributed by atoms with van der Waals surface area (Å²) >= 11 is 0. The second-order valence-corrected chi connectivity index (χ2v) is 10.6. The Kier molecular flexibility index (Phi) is 85.5. The fourth-order valence-electron chi connectivity index (χ4n) is 4.41. The fourth-order valence-corrected chi connectivity index (χ4v) is 4.41. The van der Waals surface area contributed by atoms with Crippen molar-refractivity contribution in [1.82, 2.24) is 9.97 Å². The topological polar surface area (TPSA) is 355 Å². The molecule has 0 unspecified atom stereocenters. The summed E-state index contributed by atoms with van der Waals surface area (Å²) in [7, 11) is 0. The molecular formula is C44H44Mo2N6O13. The molecule has 19 nitrogen and oxygen atoms in total. The largest absolute Gasteiger partial charge is 0 e. The zero-order valence-corrected chi connectivity index (χ0v) is 38.6. The van der Waals surface area contributed by atoms with Gasteiger partial charge in [0.2, 0.25) is 0 Å². The molecule has 6 rings (SSSR count). The number of carbonyl (C=O) groups excluding carboxylic acids is 2. The first kappa shape index (κ1) is 79.6. The van der Waals surface area contributed by atoms with Crippen molar-refractivity contribution in [3.63, 3.8) is 0 Å². The van der Waals surface area contributed by atoms with Crippen molar-refractivity contribution in [3.05, 3.63) is 173 Å². The minimum Gasteiger partial charge on any atom is 0 e. The van der Waals surface area contributed by atoms with Gasteiger partial charge in [0.15, 0.2) is 0 Å². The number of hydrogen-bond donors (Lipinski definition) is 2. The zero-order valence-electron chi connectivity index (χ0n) is 34.6. The molecule has 0 amide bonds. The summed E-state index contributed by atoms with van der Waals surface area (Å²) < 4.78 is 60.0. The molecule has 0 spiro atoms. The number of aliphatic imine (C=N–C) groups is 2. The molecule has 2 aromatic carbocycles. The van der Waals surface area contributed by atoms with Crippen LogP contribution in [0.5, 0.6) is 0 Å². The number of carbonyl (C=O) groups is 2. The van der Waals surface area contributed by atoms with E-state index in [2.05, 4.69) is 83.8 Å². The Morgan fingerprint density at radius 2 is 0.769 bits per heavy atom. The van der Waals surface area contributed by atoms with Crippen LogP contribution in [0.25, 0.3) is 0 Å². The van der Waals surface area contributed by atoms with E-state index in [1.54, 1.807) is 49.1 Å². The average Bonchev–Trinajstić information content (AvgIpc) is 3.40. The summed E-state index contributed by atoms with van der Waals surface area (Å²) in [4.78, 5) is 37.7. The number of hydrogen-bond acceptors (Lipinski definition) is 8. The van der Waals surface area contributed by atoms with E-state index in [0.29, 0.717) is 22.8 Å². The van der Waals surface area contributed by atoms with E-state index in [1.165, 1.54) is 89.0 Å². The predicted octanol–water partition coefficient (Wildman–Crippen LogP) is 0.729. The maximum Gasteiger partial charge on any atom is 0 e. The molecule has 0 saturated carbocycles. The van der Waals surface area contributed by atoms with Gasteiger partial charge in [-0.1, -0.05) is 36.4 Å². The zero-order chi connectivity index (χ0) is 48.7. The predicted molar refractivity (Wildman–Crippen MR) is 211 cm³/mol. The number of pyridine rings is 2. The van der Waals surface area contributed by atoms with Gasteiger partial charge in [0.05, 0.1) is 73.3 Å². The van der Waals surface area contributed by atoms with Gasteiger partial charge in [-0.05, 0) is 98.2 Å². The number of carboxylic acids is 2. The van der Waals surface area contributed by atoms with Crippen LogP contribution in [-0.4, -0.2) is 66.0 Å². The number of nitrogens with two attached hydrogens (primary N) is 2. The standard InChI is InChI=1S/2C13H10N2O2.2C5H11N.8CO.2Mo.H2O/c2*16-13(17)10-4-3-6-11(8-10)15-9-12-5-1-2-7-14-12;2*1-2-4-6-5-3-1;8*1-2;;;/h2*1-9H,(H,16,17);2*6H,1-5H2;;;;;;;;;;;1H2. The van der Waals surface area contributed by atoms with Crippen molar-refractivity contribution < 1.29 is 115 Å². The van der Waals surface area contributed by atoms with Gasteiger partial charge in [-0.2, -0.15) is 0 Å². The number of aromatic nitrogens is 2. The third-order valence-electron chi connectivity index (χ3n) is 6.86. The van der Waals surface area contributed by atoms with Gasteiger partial charge >= 0.3 is 90.4 Å². The van der Waals surface area contributed by atoms with Gasteiger partial charge in [0.1, 0.15) is 0 Å². The molecule has 2 aliphatic heterocycles. The number of piperidine rings is 2. The third kappa shape index (κ3) is 50.7. The molecule has 2 aliphatic rings. The monoisotopic (exact) mass is 1060 g/mol. The van der Waals surface area contributed by atoms with Crippen LogP contribution in [0, 0.1) is 53.2 Å². The van der Waals surface area contributed by atoms with Crippen molar-refractivity contribution in [2.75, 3.05) is 26.2 Å². The van der Waals surface area contributed by atoms with Gasteiger partial charge in [0.25, 0.3) is 0 Å². The van der Waals surface area contributed by atoms with Gasteiger partial charge in [-0.3, -0.25) is 20.0 Å². The average molecular weight is 1060 g/mol. The first-order chi connectivity index (χ1) is 30.5. The van der Waals surface area contributed by atoms with Crippen LogP contribution >= 0.6 is 0 Å². The minimum absolute atomic E-state index is 0. The van der Waals surface area contributed by atoms with E-state index in [0.717, 1.165) is 0 Å². The van der Waals surface area contributed by atoms with Crippen LogP contribution in [0.1, 0.15) is 70.6 Å². The first-order valence-electron chi connectivity index (χ1n) is 17.3. The maximum absolute atomic E-state index is 10.7. The fraction of sp³-hybridized carbons (Fsp3) is 0.227. The number of rotatable bonds is 6. The van der Waals surface area contributed by atoms with Gasteiger partial charge in [0, 0.05) is 54.5 Å². The van der Waals surface area contributed by atoms with E-state index in [-0.39, 0.29) is 58.7 Å². The third-order valence-corrected chi connectivity index (χ3v) is 6.86. The van der Waals surface area contributed by atoms with Crippen molar-refractivity contribution in [1.29, 1.82) is 0 Å². The van der Waals surface area contributed by atoms with Crippen LogP contribution in [0.15, 0.2) is 107 Å². The van der Waals surface area contributed by atoms with Crippen molar-refractivity contribution >= 4 is 35.7 Å². The number of benzene rings is 2. The van der Waals surface area contributed by atoms with E-state index in [9.17, 15) is 19.8 Å². The number of quaternary nitrogens is 2. The SMILES string of the molecule is C1CC[NH2+]CC1.C1CC[NH2+]CC1.O.O=C([O-])c1cccc(N=Cc2ccccn2)c1.O=C([O-])c1cccc(N=Cc2ccccn2)c1.[C-]#[O+].[C-]#[O+].[C-]#[O+].[C-]#[O+].[C-]#[O+].[C-]#[O+].[C-]#[O+].[C-]#[O+].[Mo].[Mo]. The Morgan fingerprint density at radius 1 is 0.477 bits per heavy atom. The second kappa shape index (κ2) is 69.9. The number of nitrogens with zero attached hydrogens (tertiary/aromatic N) is 4. The Hall–Kier alpha value is -5.80. The Labute approximate surface area is 406 Å². The molecule has 6 N–H and O–H groups in total. The van der Waals surface area contributed by atoms with E-state index in [4.69, 9.17) is 37.2 Å². The summed E-state index contributed by atoms with van der Waals surface area (Å²) in [6.07, 6.45) is 15.2. The van der Waals surface area contributed by atoms with Crippen LogP contribution < -0.4 is 20.8 Å². The summed E-state index contributed by atoms with van der Waals surface area (Å²) in [5.74, 6) is -2.42. The Morgan fingerprint density at radius 3 is 0.969 bits per heavy atom. The molecule has 2 aromatic heterocycles. The molecular weight excluding hydrogens is 1010 g/mol. The molecule has 0 radical (unpaired) electrons. The first-order valence-corrected chi connectivity index (χ1v) is 17.3. The molecule has 2 fully saturated rings. The molecule has 4 aromatic rings. The van der Waals surface area contributed by atoms with E-state index < -0.39 is 11.9 Å². The number of carboxylic acid groups (broad SMARTS) is 2. The Bertz CT molecular complexity index is 1700. The molecule has 0 atom stereocenters. The van der Waals surface area contributed by atoms with Crippen molar-refractivity contribution in [3.8, 4) is 0 Å². The van der Waals surface area contributed by atoms with Crippen LogP contribution in [0.2, 0.25) is 0 Å². The molecule has 0 aliphatic carbocycles. The van der Waals surface area contributed by atoms with Gasteiger partial charge in [-0.15, -0.1) is 0 Å². The van der Waals surface area contributed by atoms with Crippen LogP contribution in [0.3, 0.4) is 0 Å². The maximum atomic E-state index is 10.7. The molecule has 4 heterocycles. The Balaban J connectivity index is -0.0000000864. The van der Waals surface area contributed by atoms with Crippen LogP contribution in [-0.2, 0) is 79.3 Å².